The van der Waals surface area contributed by atoms with E-state index in [1.807, 2.05) is 0 Å². The van der Waals surface area contributed by atoms with Crippen LogP contribution in [0.1, 0.15) is 28.4 Å². The summed E-state index contributed by atoms with van der Waals surface area (Å²) in [5.74, 6) is -0.991. The molecule has 0 saturated carbocycles. The van der Waals surface area contributed by atoms with Crippen molar-refractivity contribution in [2.75, 3.05) is 4.72 Å². The summed E-state index contributed by atoms with van der Waals surface area (Å²) in [4.78, 5) is -0.641. The van der Waals surface area contributed by atoms with Gasteiger partial charge in [-0.25, -0.2) is 25.2 Å². The minimum Gasteiger partial charge on any atom is -0.384 e. The van der Waals surface area contributed by atoms with E-state index in [1.165, 1.54) is 18.2 Å². The van der Waals surface area contributed by atoms with Crippen LogP contribution in [0, 0.1) is 24.1 Å². The number of halogens is 1. The number of anilines is 1. The molecule has 0 aliphatic carbocycles. The van der Waals surface area contributed by atoms with Gasteiger partial charge in [-0.05, 0) is 42.8 Å². The van der Waals surface area contributed by atoms with Gasteiger partial charge in [0.15, 0.2) is 0 Å². The molecule has 0 bridgehead atoms. The van der Waals surface area contributed by atoms with Crippen LogP contribution < -0.4 is 4.72 Å². The first-order chi connectivity index (χ1) is 17.0. The molecule has 1 heterocycles. The van der Waals surface area contributed by atoms with Crippen LogP contribution >= 0.6 is 0 Å². The lowest BCUT2D eigenvalue weighted by atomic mass is 10.0. The molecular weight excluding hydrogens is 505 g/mol. The number of benzene rings is 3. The normalized spacial score (nSPS) is 12.6. The van der Waals surface area contributed by atoms with Gasteiger partial charge in [-0.3, -0.25) is 4.72 Å². The first kappa shape index (κ1) is 25.1. The van der Waals surface area contributed by atoms with E-state index in [0.29, 0.717) is 9.54 Å². The molecule has 8 nitrogen and oxygen atoms in total. The van der Waals surface area contributed by atoms with Gasteiger partial charge in [0.2, 0.25) is 0 Å². The SMILES string of the molecule is Cc1ccc(S(=O)(=O)n2cc(C(O)c3ccccc3)c(S(=O)(=O)Nc3ccc(C#N)cc3F)c2)cc1. The first-order valence-electron chi connectivity index (χ1n) is 10.5. The Labute approximate surface area is 208 Å². The Morgan fingerprint density at radius 3 is 2.25 bits per heavy atom. The zero-order valence-corrected chi connectivity index (χ0v) is 20.5. The van der Waals surface area contributed by atoms with Crippen molar-refractivity contribution in [2.24, 2.45) is 0 Å². The molecule has 2 N–H and O–H groups in total. The van der Waals surface area contributed by atoms with E-state index in [9.17, 15) is 26.3 Å². The fourth-order valence-corrected chi connectivity index (χ4v) is 6.09. The van der Waals surface area contributed by atoms with Gasteiger partial charge < -0.3 is 5.11 Å². The topological polar surface area (TPSA) is 129 Å². The summed E-state index contributed by atoms with van der Waals surface area (Å²) in [5.41, 5.74) is 0.482. The number of rotatable bonds is 7. The predicted molar refractivity (Wildman–Crippen MR) is 131 cm³/mol. The molecule has 36 heavy (non-hydrogen) atoms. The van der Waals surface area contributed by atoms with Crippen LogP contribution in [0.5, 0.6) is 0 Å². The second-order valence-electron chi connectivity index (χ2n) is 7.95. The van der Waals surface area contributed by atoms with Crippen molar-refractivity contribution < 1.29 is 26.3 Å². The first-order valence-corrected chi connectivity index (χ1v) is 13.4. The molecule has 4 aromatic rings. The van der Waals surface area contributed by atoms with Crippen LogP contribution in [-0.2, 0) is 20.0 Å². The summed E-state index contributed by atoms with van der Waals surface area (Å²) >= 11 is 0. The van der Waals surface area contributed by atoms with Crippen molar-refractivity contribution in [3.05, 3.63) is 113 Å². The number of aliphatic hydroxyl groups excluding tert-OH is 1. The number of aromatic nitrogens is 1. The molecule has 0 fully saturated rings. The zero-order valence-electron chi connectivity index (χ0n) is 18.8. The second kappa shape index (κ2) is 9.58. The molecule has 1 aromatic heterocycles. The van der Waals surface area contributed by atoms with E-state index >= 15 is 0 Å². The lowest BCUT2D eigenvalue weighted by Gasteiger charge is -2.14. The number of aryl methyl sites for hydroxylation is 1. The molecule has 184 valence electrons. The highest BCUT2D eigenvalue weighted by molar-refractivity contribution is 7.93. The van der Waals surface area contributed by atoms with E-state index < -0.39 is 42.6 Å². The van der Waals surface area contributed by atoms with Crippen molar-refractivity contribution in [2.45, 2.75) is 22.8 Å². The zero-order chi connectivity index (χ0) is 26.1. The summed E-state index contributed by atoms with van der Waals surface area (Å²) in [6.45, 7) is 1.79. The largest absolute Gasteiger partial charge is 0.384 e. The van der Waals surface area contributed by atoms with E-state index in [2.05, 4.69) is 4.72 Å². The van der Waals surface area contributed by atoms with Crippen molar-refractivity contribution in [3.8, 4) is 6.07 Å². The summed E-state index contributed by atoms with van der Waals surface area (Å²) in [6, 6.07) is 19.0. The van der Waals surface area contributed by atoms with Crippen molar-refractivity contribution in [1.82, 2.24) is 3.97 Å². The molecular formula is C25H20FN3O5S2. The monoisotopic (exact) mass is 525 g/mol. The summed E-state index contributed by atoms with van der Waals surface area (Å²) < 4.78 is 70.4. The minimum atomic E-state index is -4.59. The van der Waals surface area contributed by atoms with Gasteiger partial charge in [0.1, 0.15) is 16.8 Å². The molecule has 0 radical (unpaired) electrons. The molecule has 11 heteroatoms. The fraction of sp³-hybridized carbons (Fsp3) is 0.0800. The Kier molecular flexibility index (Phi) is 6.69. The van der Waals surface area contributed by atoms with E-state index in [-0.39, 0.29) is 16.0 Å². The van der Waals surface area contributed by atoms with Crippen LogP contribution in [0.3, 0.4) is 0 Å². The highest BCUT2D eigenvalue weighted by Crippen LogP contribution is 2.32. The van der Waals surface area contributed by atoms with Gasteiger partial charge in [-0.1, -0.05) is 48.0 Å². The third-order valence-corrected chi connectivity index (χ3v) is 8.48. The van der Waals surface area contributed by atoms with Crippen LogP contribution in [0.4, 0.5) is 10.1 Å². The van der Waals surface area contributed by atoms with Crippen LogP contribution in [0.15, 0.2) is 95.0 Å². The van der Waals surface area contributed by atoms with E-state index in [4.69, 9.17) is 5.26 Å². The molecule has 3 aromatic carbocycles. The highest BCUT2D eigenvalue weighted by Gasteiger charge is 2.30. The Morgan fingerprint density at radius 1 is 0.972 bits per heavy atom. The Morgan fingerprint density at radius 2 is 1.64 bits per heavy atom. The van der Waals surface area contributed by atoms with Crippen LogP contribution in [0.25, 0.3) is 0 Å². The van der Waals surface area contributed by atoms with Gasteiger partial charge >= 0.3 is 0 Å². The molecule has 1 unspecified atom stereocenters. The van der Waals surface area contributed by atoms with Gasteiger partial charge in [0, 0.05) is 18.0 Å². The molecule has 0 saturated heterocycles. The maximum absolute atomic E-state index is 14.4. The molecule has 0 aliphatic rings. The molecule has 1 atom stereocenters. The number of hydrogen-bond acceptors (Lipinski definition) is 6. The fourth-order valence-electron chi connectivity index (χ4n) is 3.51. The van der Waals surface area contributed by atoms with E-state index in [0.717, 1.165) is 30.1 Å². The summed E-state index contributed by atoms with van der Waals surface area (Å²) in [6.07, 6.45) is 0.384. The van der Waals surface area contributed by atoms with Crippen molar-refractivity contribution in [3.63, 3.8) is 0 Å². The van der Waals surface area contributed by atoms with Crippen LogP contribution in [-0.4, -0.2) is 25.9 Å². The maximum Gasteiger partial charge on any atom is 0.267 e. The van der Waals surface area contributed by atoms with Gasteiger partial charge in [-0.15, -0.1) is 0 Å². The smallest absolute Gasteiger partial charge is 0.267 e. The third kappa shape index (κ3) is 4.87. The average Bonchev–Trinajstić information content (AvgIpc) is 3.33. The number of aliphatic hydroxyl groups is 1. The number of hydrogen-bond donors (Lipinski definition) is 2. The van der Waals surface area contributed by atoms with Gasteiger partial charge in [0.05, 0.1) is 22.2 Å². The Bertz CT molecular complexity index is 1680. The molecule has 4 rings (SSSR count). The molecule has 0 aliphatic heterocycles. The lowest BCUT2D eigenvalue weighted by Crippen LogP contribution is -2.16. The number of nitrogens with one attached hydrogen (secondary N) is 1. The summed E-state index contributed by atoms with van der Waals surface area (Å²) in [7, 11) is -8.81. The quantitative estimate of drug-likeness (QED) is 0.376. The Hall–Kier alpha value is -3.98. The van der Waals surface area contributed by atoms with Gasteiger partial charge in [-0.2, -0.15) is 5.26 Å². The van der Waals surface area contributed by atoms with Crippen LogP contribution in [0.2, 0.25) is 0 Å². The standard InChI is InChI=1S/C25H20FN3O5S2/c1-17-7-10-20(11-8-17)36(33,34)29-15-21(25(30)19-5-3-2-4-6-19)24(16-29)35(31,32)28-23-12-9-18(14-27)13-22(23)26/h2-13,15-16,25,28,30H,1H3. The number of sulfonamides is 1. The van der Waals surface area contributed by atoms with Crippen molar-refractivity contribution in [1.29, 1.82) is 5.26 Å². The van der Waals surface area contributed by atoms with Gasteiger partial charge in [0.25, 0.3) is 20.0 Å². The second-order valence-corrected chi connectivity index (χ2v) is 11.4. The van der Waals surface area contributed by atoms with Crippen molar-refractivity contribution >= 4 is 25.7 Å². The third-order valence-electron chi connectivity index (χ3n) is 5.43. The number of nitrogens with zero attached hydrogens (tertiary/aromatic N) is 2. The molecule has 0 spiro atoms. The maximum atomic E-state index is 14.4. The summed E-state index contributed by atoms with van der Waals surface area (Å²) in [5, 5.41) is 19.9. The molecule has 0 amide bonds. The highest BCUT2D eigenvalue weighted by atomic mass is 32.2. The number of nitriles is 1. The Balaban J connectivity index is 1.85. The van der Waals surface area contributed by atoms with E-state index in [1.54, 1.807) is 55.5 Å². The predicted octanol–water partition coefficient (Wildman–Crippen LogP) is 3.93. The minimum absolute atomic E-state index is 0.00835. The average molecular weight is 526 g/mol. The lowest BCUT2D eigenvalue weighted by molar-refractivity contribution is 0.217.